The van der Waals surface area contributed by atoms with Crippen LogP contribution in [-0.2, 0) is 46.5 Å². The number of aryl methyl sites for hydroxylation is 1. The first-order valence-corrected chi connectivity index (χ1v) is 20.6. The van der Waals surface area contributed by atoms with Crippen molar-refractivity contribution in [2.24, 2.45) is 0 Å². The van der Waals surface area contributed by atoms with Gasteiger partial charge in [0.15, 0.2) is 0 Å². The molecule has 4 unspecified atom stereocenters. The average Bonchev–Trinajstić information content (AvgIpc) is 3.70. The maximum Gasteiger partial charge on any atom is 0.326 e. The van der Waals surface area contributed by atoms with Crippen LogP contribution in [0, 0.1) is 0 Å². The zero-order valence-corrected chi connectivity index (χ0v) is 35.8. The number of carboxylic acid groups (broad SMARTS) is 6. The van der Waals surface area contributed by atoms with Crippen molar-refractivity contribution in [1.29, 1.82) is 0 Å². The summed E-state index contributed by atoms with van der Waals surface area (Å²) in [6.45, 7) is -1.00. The number of anilines is 1. The lowest BCUT2D eigenvalue weighted by Gasteiger charge is -2.18. The molecule has 0 bridgehead atoms. The van der Waals surface area contributed by atoms with Crippen LogP contribution in [0.3, 0.4) is 0 Å². The van der Waals surface area contributed by atoms with Gasteiger partial charge in [0.2, 0.25) is 5.91 Å². The van der Waals surface area contributed by atoms with Crippen LogP contribution in [0.2, 0.25) is 0 Å². The number of aliphatic carboxylic acids is 6. The van der Waals surface area contributed by atoms with Gasteiger partial charge in [-0.1, -0.05) is 5.21 Å². The van der Waals surface area contributed by atoms with E-state index in [9.17, 15) is 77.6 Å². The molecular formula is C39H53FN10O17. The van der Waals surface area contributed by atoms with Gasteiger partial charge in [-0.3, -0.25) is 28.4 Å². The molecule has 0 radical (unpaired) electrons. The average molecular weight is 953 g/mol. The molecule has 1 heterocycles. The summed E-state index contributed by atoms with van der Waals surface area (Å²) in [4.78, 5) is 132. The fraction of sp³-hybridized carbons (Fsp3) is 0.513. The molecule has 0 fully saturated rings. The van der Waals surface area contributed by atoms with E-state index in [1.165, 1.54) is 29.1 Å². The molecule has 1 aromatic heterocycles. The van der Waals surface area contributed by atoms with Gasteiger partial charge in [0.25, 0.3) is 11.8 Å². The molecule has 0 saturated heterocycles. The van der Waals surface area contributed by atoms with Crippen molar-refractivity contribution in [3.05, 3.63) is 41.2 Å². The van der Waals surface area contributed by atoms with Gasteiger partial charge in [0.1, 0.15) is 30.7 Å². The van der Waals surface area contributed by atoms with Crippen molar-refractivity contribution in [1.82, 2.24) is 46.9 Å². The van der Waals surface area contributed by atoms with E-state index >= 15 is 0 Å². The number of amides is 7. The van der Waals surface area contributed by atoms with Crippen molar-refractivity contribution in [2.45, 2.75) is 108 Å². The number of carbonyl (C=O) groups excluding carboxylic acids is 5. The minimum Gasteiger partial charge on any atom is -0.481 e. The number of carbonyl (C=O) groups is 11. The van der Waals surface area contributed by atoms with Gasteiger partial charge in [0, 0.05) is 48.9 Å². The number of hydrogen-bond donors (Lipinski definition) is 13. The second-order valence-electron chi connectivity index (χ2n) is 14.7. The third-order valence-electron chi connectivity index (χ3n) is 9.32. The summed E-state index contributed by atoms with van der Waals surface area (Å²) in [5, 5.41) is 79.0. The number of carboxylic acids is 6. The molecule has 368 valence electrons. The van der Waals surface area contributed by atoms with E-state index in [1.807, 2.05) is 10.6 Å². The van der Waals surface area contributed by atoms with E-state index in [0.717, 1.165) is 0 Å². The van der Waals surface area contributed by atoms with Crippen LogP contribution in [-0.4, -0.2) is 155 Å². The molecule has 4 atom stereocenters. The molecule has 67 heavy (non-hydrogen) atoms. The summed E-state index contributed by atoms with van der Waals surface area (Å²) >= 11 is 0. The van der Waals surface area contributed by atoms with Crippen molar-refractivity contribution >= 4 is 71.3 Å². The number of nitrogens with one attached hydrogen (secondary N) is 7. The smallest absolute Gasteiger partial charge is 0.326 e. The van der Waals surface area contributed by atoms with Gasteiger partial charge in [-0.2, -0.15) is 0 Å². The third kappa shape index (κ3) is 22.0. The first-order valence-electron chi connectivity index (χ1n) is 20.6. The lowest BCUT2D eigenvalue weighted by molar-refractivity contribution is -0.142. The Bertz CT molecular complexity index is 1990. The van der Waals surface area contributed by atoms with Gasteiger partial charge in [0.05, 0.1) is 12.4 Å². The second-order valence-corrected chi connectivity index (χ2v) is 14.7. The molecule has 0 aliphatic heterocycles. The molecule has 7 amide bonds. The number of unbranched alkanes of at least 4 members (excludes halogenated alkanes) is 2. The number of rotatable bonds is 32. The molecule has 1 aromatic carbocycles. The highest BCUT2D eigenvalue weighted by molar-refractivity contribution is 6.02. The quantitative estimate of drug-likeness (QED) is 0.0421. The van der Waals surface area contributed by atoms with Gasteiger partial charge < -0.3 is 67.9 Å². The first-order chi connectivity index (χ1) is 31.7. The SMILES string of the molecule is O=C(O)CCC(NC(=O)NC(CCCCNC(=O)c1cc(NC(=O)Cn2cc(CCCF)nn2)cc(C(=O)NCCCCC(NC(=O)NC(CCC(=O)O)C(=O)O)C(=O)O)c1)C(=O)O)C(=O)O. The van der Waals surface area contributed by atoms with Gasteiger partial charge in [-0.25, -0.2) is 33.4 Å². The molecule has 0 spiro atoms. The normalized spacial score (nSPS) is 12.5. The minimum atomic E-state index is -1.60. The van der Waals surface area contributed by atoms with Crippen LogP contribution in [0.15, 0.2) is 24.4 Å². The summed E-state index contributed by atoms with van der Waals surface area (Å²) < 4.78 is 13.8. The lowest BCUT2D eigenvalue weighted by Crippen LogP contribution is -2.51. The van der Waals surface area contributed by atoms with E-state index in [4.69, 9.17) is 10.2 Å². The largest absolute Gasteiger partial charge is 0.481 e. The molecule has 0 aliphatic rings. The van der Waals surface area contributed by atoms with E-state index in [1.54, 1.807) is 0 Å². The van der Waals surface area contributed by atoms with Crippen molar-refractivity contribution < 1.29 is 87.8 Å². The van der Waals surface area contributed by atoms with E-state index < -0.39 is 122 Å². The standard InChI is InChI=1S/C39H53FN10O17/c40-13-5-6-23-19-50(49-48-23)20-29(51)43-24-17-21(32(56)41-14-3-1-7-25(34(58)59)44-38(66)46-27(36(62)63)9-11-30(52)53)16-22(18-24)33(57)42-15-4-2-8-26(35(60)61)45-39(67)47-28(37(64)65)10-12-31(54)55/h16-19,25-28H,1-15,20H2,(H,41,56)(H,42,57)(H,43,51)(H,52,53)(H,54,55)(H,58,59)(H,60,61)(H,62,63)(H,64,65)(H2,44,46,66)(H2,45,47,67). The predicted octanol–water partition coefficient (Wildman–Crippen LogP) is -0.240. The van der Waals surface area contributed by atoms with Crippen LogP contribution in [0.25, 0.3) is 0 Å². The van der Waals surface area contributed by atoms with Crippen molar-refractivity contribution in [2.75, 3.05) is 25.1 Å². The Balaban J connectivity index is 2.08. The maximum atomic E-state index is 13.3. The predicted molar refractivity (Wildman–Crippen MR) is 225 cm³/mol. The second kappa shape index (κ2) is 28.8. The Morgan fingerprint density at radius 1 is 0.567 bits per heavy atom. The van der Waals surface area contributed by atoms with Crippen LogP contribution in [0.4, 0.5) is 19.7 Å². The number of hydrogen-bond acceptors (Lipinski definition) is 13. The number of nitrogens with zero attached hydrogens (tertiary/aromatic N) is 3. The molecule has 27 nitrogen and oxygen atoms in total. The van der Waals surface area contributed by atoms with Crippen LogP contribution >= 0.6 is 0 Å². The number of alkyl halides is 1. The molecule has 2 aromatic rings. The summed E-state index contributed by atoms with van der Waals surface area (Å²) in [6.07, 6.45) is 0.154. The van der Waals surface area contributed by atoms with Gasteiger partial charge >= 0.3 is 47.9 Å². The van der Waals surface area contributed by atoms with E-state index in [0.29, 0.717) is 5.69 Å². The Labute approximate surface area is 379 Å². The zero-order valence-electron chi connectivity index (χ0n) is 35.8. The molecule has 0 saturated carbocycles. The molecule has 2 rings (SSSR count). The van der Waals surface area contributed by atoms with Gasteiger partial charge in [-0.05, 0) is 82.4 Å². The fourth-order valence-electron chi connectivity index (χ4n) is 5.92. The summed E-state index contributed by atoms with van der Waals surface area (Å²) in [7, 11) is 0. The zero-order chi connectivity index (χ0) is 50.1. The Hall–Kier alpha value is -7.94. The van der Waals surface area contributed by atoms with E-state index in [-0.39, 0.29) is 87.8 Å². The fourth-order valence-corrected chi connectivity index (χ4v) is 5.92. The monoisotopic (exact) mass is 952 g/mol. The number of benzene rings is 1. The van der Waals surface area contributed by atoms with Crippen LogP contribution < -0.4 is 37.2 Å². The Kier molecular flexibility index (Phi) is 23.7. The van der Waals surface area contributed by atoms with E-state index in [2.05, 4.69) is 36.9 Å². The van der Waals surface area contributed by atoms with Crippen molar-refractivity contribution in [3.8, 4) is 0 Å². The number of aromatic nitrogens is 3. The Morgan fingerprint density at radius 3 is 1.37 bits per heavy atom. The van der Waals surface area contributed by atoms with Gasteiger partial charge in [-0.15, -0.1) is 5.10 Å². The number of urea groups is 2. The third-order valence-corrected chi connectivity index (χ3v) is 9.32. The molecule has 28 heteroatoms. The summed E-state index contributed by atoms with van der Waals surface area (Å²) in [5.41, 5.74) is 0.249. The highest BCUT2D eigenvalue weighted by atomic mass is 19.1. The Morgan fingerprint density at radius 2 is 0.985 bits per heavy atom. The maximum absolute atomic E-state index is 13.3. The van der Waals surface area contributed by atoms with Crippen LogP contribution in [0.1, 0.15) is 97.0 Å². The van der Waals surface area contributed by atoms with Crippen LogP contribution in [0.5, 0.6) is 0 Å². The lowest BCUT2D eigenvalue weighted by atomic mass is 10.1. The number of halogens is 1. The highest BCUT2D eigenvalue weighted by Crippen LogP contribution is 2.17. The highest BCUT2D eigenvalue weighted by Gasteiger charge is 2.26. The molecule has 13 N–H and O–H groups in total. The summed E-state index contributed by atoms with van der Waals surface area (Å²) in [5.74, 6) is -10.6. The topological polar surface area (TPSA) is 424 Å². The molecule has 0 aliphatic carbocycles. The molecular weight excluding hydrogens is 899 g/mol. The van der Waals surface area contributed by atoms with Crippen molar-refractivity contribution in [3.63, 3.8) is 0 Å². The first kappa shape index (κ1) is 55.2. The summed E-state index contributed by atoms with van der Waals surface area (Å²) in [6, 6.07) is -4.73. The minimum absolute atomic E-state index is 0.00376.